The molecule has 0 bridgehead atoms. The summed E-state index contributed by atoms with van der Waals surface area (Å²) in [6, 6.07) is 39.2. The molecule has 5 rings (SSSR count). The van der Waals surface area contributed by atoms with Gasteiger partial charge >= 0.3 is 23.3 Å². The Labute approximate surface area is 300 Å². The highest BCUT2D eigenvalue weighted by molar-refractivity contribution is 7.97. The first-order chi connectivity index (χ1) is 24.6. The lowest BCUT2D eigenvalue weighted by atomic mass is 10.0. The Balaban J connectivity index is 0.000000313. The molecule has 0 amide bonds. The quantitative estimate of drug-likeness (QED) is 0.0463. The van der Waals surface area contributed by atoms with Gasteiger partial charge in [-0.15, -0.1) is 0 Å². The van der Waals surface area contributed by atoms with Crippen LogP contribution in [0.1, 0.15) is 21.5 Å². The number of hydrogen-bond donors (Lipinski definition) is 0. The van der Waals surface area contributed by atoms with Crippen molar-refractivity contribution in [2.24, 2.45) is 0 Å². The van der Waals surface area contributed by atoms with Gasteiger partial charge in [0, 0.05) is 10.9 Å². The van der Waals surface area contributed by atoms with Gasteiger partial charge in [0.15, 0.2) is 31.4 Å². The number of benzene rings is 5. The summed E-state index contributed by atoms with van der Waals surface area (Å²) in [6.45, 7) is 2.05. The summed E-state index contributed by atoms with van der Waals surface area (Å²) < 4.78 is 141. The molecule has 5 aromatic carbocycles. The van der Waals surface area contributed by atoms with Crippen LogP contribution in [0.15, 0.2) is 136 Å². The fourth-order valence-corrected chi connectivity index (χ4v) is 7.56. The van der Waals surface area contributed by atoms with E-state index in [0.29, 0.717) is 5.56 Å². The topological polar surface area (TPSA) is 83.5 Å². The monoisotopic (exact) mass is 786 g/mol. The van der Waals surface area contributed by atoms with Gasteiger partial charge in [0.1, 0.15) is 10.9 Å². The van der Waals surface area contributed by atoms with Crippen molar-refractivity contribution in [3.63, 3.8) is 0 Å². The van der Waals surface area contributed by atoms with Gasteiger partial charge < -0.3 is 9.29 Å². The molecular weight excluding hydrogens is 760 g/mol. The second-order valence-corrected chi connectivity index (χ2v) is 14.6. The van der Waals surface area contributed by atoms with Crippen molar-refractivity contribution in [2.75, 3.05) is 7.11 Å². The van der Waals surface area contributed by atoms with E-state index in [9.17, 15) is 57.3 Å². The van der Waals surface area contributed by atoms with Crippen LogP contribution in [0.5, 0.6) is 5.75 Å². The zero-order valence-electron chi connectivity index (χ0n) is 27.4. The molecule has 0 unspecified atom stereocenters. The summed E-state index contributed by atoms with van der Waals surface area (Å²) in [5.74, 6) is -14.0. The van der Waals surface area contributed by atoms with Crippen LogP contribution in [0.25, 0.3) is 16.8 Å². The first-order valence-electron chi connectivity index (χ1n) is 15.0. The van der Waals surface area contributed by atoms with Crippen molar-refractivity contribution in [2.45, 2.75) is 44.9 Å². The number of aryl methyl sites for hydroxylation is 1. The Morgan fingerprint density at radius 1 is 0.717 bits per heavy atom. The molecule has 0 aliphatic carbocycles. The highest BCUT2D eigenvalue weighted by Crippen LogP contribution is 2.54. The third kappa shape index (κ3) is 8.55. The van der Waals surface area contributed by atoms with Crippen molar-refractivity contribution >= 4 is 43.6 Å². The zero-order valence-corrected chi connectivity index (χ0v) is 29.0. The maximum atomic E-state index is 13.0. The van der Waals surface area contributed by atoms with Gasteiger partial charge in [0.2, 0.25) is 4.90 Å². The van der Waals surface area contributed by atoms with Crippen LogP contribution in [0.4, 0.5) is 39.5 Å². The number of methoxy groups -OCH3 is 1. The maximum absolute atomic E-state index is 13.0. The molecule has 0 N–H and O–H groups in total. The van der Waals surface area contributed by atoms with Crippen molar-refractivity contribution in [3.8, 4) is 5.75 Å². The largest absolute Gasteiger partial charge is 0.743 e. The lowest BCUT2D eigenvalue weighted by Gasteiger charge is -2.34. The molecule has 0 spiro atoms. The molecule has 0 fully saturated rings. The molecule has 0 atom stereocenters. The molecule has 16 heteroatoms. The Bertz CT molecular complexity index is 2150. The van der Waals surface area contributed by atoms with E-state index in [1.165, 1.54) is 15.4 Å². The van der Waals surface area contributed by atoms with Crippen LogP contribution in [-0.2, 0) is 21.0 Å². The second kappa shape index (κ2) is 15.7. The summed E-state index contributed by atoms with van der Waals surface area (Å²) >= 11 is 0. The van der Waals surface area contributed by atoms with E-state index in [1.54, 1.807) is 13.2 Å². The average molecular weight is 787 g/mol. The highest BCUT2D eigenvalue weighted by atomic mass is 32.2. The summed E-state index contributed by atoms with van der Waals surface area (Å²) in [5, 5.41) is -5.01. The van der Waals surface area contributed by atoms with Crippen LogP contribution in [-0.4, -0.2) is 49.1 Å². The van der Waals surface area contributed by atoms with Crippen molar-refractivity contribution in [1.29, 1.82) is 0 Å². The van der Waals surface area contributed by atoms with E-state index < -0.39 is 33.4 Å². The Hall–Kier alpha value is -4.80. The number of rotatable bonds is 10. The smallest absolute Gasteiger partial charge is 0.460 e. The summed E-state index contributed by atoms with van der Waals surface area (Å²) in [4.78, 5) is 16.6. The molecule has 0 radical (unpaired) electrons. The molecule has 5 aromatic rings. The van der Waals surface area contributed by atoms with Crippen molar-refractivity contribution in [1.82, 2.24) is 0 Å². The van der Waals surface area contributed by atoms with E-state index in [2.05, 4.69) is 61.5 Å². The van der Waals surface area contributed by atoms with Crippen LogP contribution in [0.2, 0.25) is 0 Å². The van der Waals surface area contributed by atoms with E-state index in [0.717, 1.165) is 27.0 Å². The minimum Gasteiger partial charge on any atom is -0.743 e. The lowest BCUT2D eigenvalue weighted by Crippen LogP contribution is -2.63. The van der Waals surface area contributed by atoms with Gasteiger partial charge in [-0.1, -0.05) is 84.4 Å². The average Bonchev–Trinajstić information content (AvgIpc) is 3.11. The molecule has 0 aliphatic heterocycles. The Morgan fingerprint density at radius 3 is 1.72 bits per heavy atom. The number of fused-ring (bicyclic) bond motifs is 1. The number of ether oxygens (including phenoxy) is 1. The van der Waals surface area contributed by atoms with Gasteiger partial charge in [0.25, 0.3) is 0 Å². The molecule has 0 heterocycles. The molecule has 0 aliphatic rings. The highest BCUT2D eigenvalue weighted by Gasteiger charge is 2.83. The number of allylic oxidation sites excluding steroid dienone is 1. The van der Waals surface area contributed by atoms with Gasteiger partial charge in [-0.25, -0.2) is 8.42 Å². The first kappa shape index (κ1) is 41.0. The van der Waals surface area contributed by atoms with Crippen LogP contribution in [0.3, 0.4) is 0 Å². The summed E-state index contributed by atoms with van der Waals surface area (Å²) in [7, 11) is -6.07. The number of alkyl halides is 9. The first-order valence-corrected chi connectivity index (χ1v) is 17.7. The number of carbonyl (C=O) groups is 1. The Morgan fingerprint density at radius 2 is 1.25 bits per heavy atom. The van der Waals surface area contributed by atoms with Gasteiger partial charge in [-0.2, -0.15) is 39.5 Å². The van der Waals surface area contributed by atoms with E-state index >= 15 is 0 Å². The molecular formula is C37H27F9O5S2. The predicted molar refractivity (Wildman–Crippen MR) is 181 cm³/mol. The molecule has 53 heavy (non-hydrogen) atoms. The molecule has 0 aromatic heterocycles. The van der Waals surface area contributed by atoms with Gasteiger partial charge in [-0.3, -0.25) is 4.79 Å². The number of carbonyl (C=O) groups excluding carboxylic acids is 1. The van der Waals surface area contributed by atoms with Crippen LogP contribution >= 0.6 is 0 Å². The molecule has 5 nitrogen and oxygen atoms in total. The summed E-state index contributed by atoms with van der Waals surface area (Å²) in [6.07, 6.45) is -3.65. The third-order valence-electron chi connectivity index (χ3n) is 7.54. The number of halogens is 9. The van der Waals surface area contributed by atoms with E-state index in [1.807, 2.05) is 66.7 Å². The Kier molecular flexibility index (Phi) is 12.1. The zero-order chi connectivity index (χ0) is 39.4. The fraction of sp³-hybridized carbons (Fsp3) is 0.162. The summed E-state index contributed by atoms with van der Waals surface area (Å²) in [5.41, 5.74) is 2.88. The van der Waals surface area contributed by atoms with E-state index in [-0.39, 0.29) is 16.7 Å². The lowest BCUT2D eigenvalue weighted by molar-refractivity contribution is -0.382. The second-order valence-electron chi connectivity index (χ2n) is 11.2. The number of ketones is 1. The normalized spacial score (nSPS) is 12.8. The molecule has 0 saturated heterocycles. The molecule has 280 valence electrons. The van der Waals surface area contributed by atoms with Crippen molar-refractivity contribution in [3.05, 3.63) is 138 Å². The minimum atomic E-state index is -7.43. The van der Waals surface area contributed by atoms with Crippen LogP contribution < -0.4 is 4.74 Å². The molecule has 0 saturated carbocycles. The number of hydrogen-bond acceptors (Lipinski definition) is 5. The van der Waals surface area contributed by atoms with Crippen molar-refractivity contribution < 1.29 is 62.0 Å². The van der Waals surface area contributed by atoms with E-state index in [4.69, 9.17) is 4.74 Å². The standard InChI is InChI=1S/C33H27O2S.C4HF9O3S/c1-24-13-15-25(16-14-24)17-21-31(34)27-18-20-30-26(23-27)19-22-32(35-2)33(30)36(28-9-5-3-6-10-28)29-11-7-4-8-12-29;5-1(6,3(9,10)11)2(7,8)4(12,13)17(14,15)16/h3-23H,1-2H3;(H,14,15,16)/q+1;/p-1. The van der Waals surface area contributed by atoms with Gasteiger partial charge in [-0.05, 0) is 66.4 Å². The van der Waals surface area contributed by atoms with Gasteiger partial charge in [0.05, 0.1) is 7.11 Å². The predicted octanol–water partition coefficient (Wildman–Crippen LogP) is 10.1. The minimum absolute atomic E-state index is 0.0139. The SMILES string of the molecule is COc1ccc2cc(C(=O)C=Cc3ccc(C)cc3)ccc2c1[S+](c1ccccc1)c1ccccc1.O=S(=O)([O-])C(F)(F)C(F)(F)C(F)(F)C(F)(F)F. The third-order valence-corrected chi connectivity index (χ3v) is 10.7. The maximum Gasteiger partial charge on any atom is 0.460 e. The van der Waals surface area contributed by atoms with Crippen LogP contribution in [0, 0.1) is 6.92 Å². The fourth-order valence-electron chi connectivity index (χ4n) is 4.75.